The van der Waals surface area contributed by atoms with Crippen molar-refractivity contribution < 1.29 is 0 Å². The Hall–Kier alpha value is -7.01. The van der Waals surface area contributed by atoms with Gasteiger partial charge >= 0.3 is 0 Å². The summed E-state index contributed by atoms with van der Waals surface area (Å²) in [6.07, 6.45) is 0. The molecule has 0 amide bonds. The maximum atomic E-state index is 5.12. The topological polar surface area (TPSA) is 38.7 Å². The van der Waals surface area contributed by atoms with Gasteiger partial charge in [0.05, 0.1) is 0 Å². The Labute approximate surface area is 321 Å². The summed E-state index contributed by atoms with van der Waals surface area (Å²) in [5.41, 5.74) is 7.49. The lowest BCUT2D eigenvalue weighted by molar-refractivity contribution is 1.07. The normalized spacial score (nSPS) is 11.6. The Morgan fingerprint density at radius 1 is 0.273 bits per heavy atom. The first-order chi connectivity index (χ1) is 27.2. The molecule has 256 valence electrons. The standard InChI is InChI=1S/C51H31N3S/c1-2-12-33(13-3-1)49-52-50(54-51(53-49)37-15-10-14-36(30-37)38-21-11-23-47-48(38)44-20-8-9-22-46(44)55-47)34-26-24-32(25-27-34)35-28-29-43-41-18-5-4-16-39(41)40-17-6-7-19-42(40)45(43)31-35/h1-31H. The van der Waals surface area contributed by atoms with Gasteiger partial charge in [-0.05, 0) is 78.8 Å². The van der Waals surface area contributed by atoms with Gasteiger partial charge in [0.2, 0.25) is 0 Å². The van der Waals surface area contributed by atoms with Crippen molar-refractivity contribution in [1.82, 2.24) is 15.0 Å². The average molecular weight is 718 g/mol. The van der Waals surface area contributed by atoms with Gasteiger partial charge in [-0.3, -0.25) is 0 Å². The minimum atomic E-state index is 0.641. The summed E-state index contributed by atoms with van der Waals surface area (Å²) in [6.45, 7) is 0. The van der Waals surface area contributed by atoms with Crippen molar-refractivity contribution in [2.24, 2.45) is 0 Å². The van der Waals surface area contributed by atoms with E-state index < -0.39 is 0 Å². The lowest BCUT2D eigenvalue weighted by Crippen LogP contribution is -2.00. The van der Waals surface area contributed by atoms with Crippen molar-refractivity contribution >= 4 is 63.8 Å². The second kappa shape index (κ2) is 12.8. The van der Waals surface area contributed by atoms with Gasteiger partial charge in [-0.15, -0.1) is 11.3 Å². The number of rotatable bonds is 5. The van der Waals surface area contributed by atoms with Crippen LogP contribution in [0.25, 0.3) is 109 Å². The third-order valence-electron chi connectivity index (χ3n) is 10.7. The third kappa shape index (κ3) is 5.38. The van der Waals surface area contributed by atoms with Crippen LogP contribution in [0.1, 0.15) is 0 Å². The van der Waals surface area contributed by atoms with Gasteiger partial charge in [-0.1, -0.05) is 164 Å². The van der Waals surface area contributed by atoms with Crippen LogP contribution in [0.5, 0.6) is 0 Å². The van der Waals surface area contributed by atoms with E-state index in [2.05, 4.69) is 170 Å². The first kappa shape index (κ1) is 31.5. The molecule has 55 heavy (non-hydrogen) atoms. The van der Waals surface area contributed by atoms with Crippen LogP contribution in [0.4, 0.5) is 0 Å². The zero-order valence-corrected chi connectivity index (χ0v) is 30.5. The highest BCUT2D eigenvalue weighted by Gasteiger charge is 2.16. The number of hydrogen-bond acceptors (Lipinski definition) is 4. The molecular formula is C51H31N3S. The predicted octanol–water partition coefficient (Wildman–Crippen LogP) is 14.0. The molecule has 0 saturated carbocycles. The highest BCUT2D eigenvalue weighted by molar-refractivity contribution is 7.25. The van der Waals surface area contributed by atoms with E-state index in [-0.39, 0.29) is 0 Å². The fourth-order valence-corrected chi connectivity index (χ4v) is 9.22. The number of aromatic nitrogens is 3. The quantitative estimate of drug-likeness (QED) is 0.166. The summed E-state index contributed by atoms with van der Waals surface area (Å²) < 4.78 is 2.58. The highest BCUT2D eigenvalue weighted by Crippen LogP contribution is 2.41. The summed E-state index contributed by atoms with van der Waals surface area (Å²) in [7, 11) is 0. The van der Waals surface area contributed by atoms with Crippen LogP contribution in [0.2, 0.25) is 0 Å². The van der Waals surface area contributed by atoms with E-state index >= 15 is 0 Å². The molecule has 3 nitrogen and oxygen atoms in total. The van der Waals surface area contributed by atoms with E-state index in [4.69, 9.17) is 15.0 Å². The van der Waals surface area contributed by atoms with E-state index in [0.29, 0.717) is 17.5 Å². The summed E-state index contributed by atoms with van der Waals surface area (Å²) >= 11 is 1.84. The van der Waals surface area contributed by atoms with Crippen molar-refractivity contribution in [3.05, 3.63) is 188 Å². The second-order valence-corrected chi connectivity index (χ2v) is 15.0. The summed E-state index contributed by atoms with van der Waals surface area (Å²) in [5, 5.41) is 10.2. The van der Waals surface area contributed by atoms with E-state index in [0.717, 1.165) is 27.8 Å². The minimum absolute atomic E-state index is 0.641. The molecule has 2 heterocycles. The largest absolute Gasteiger partial charge is 0.208 e. The summed E-state index contributed by atoms with van der Waals surface area (Å²) in [4.78, 5) is 15.2. The number of benzene rings is 9. The lowest BCUT2D eigenvalue weighted by Gasteiger charge is -2.12. The molecular weight excluding hydrogens is 687 g/mol. The first-order valence-electron chi connectivity index (χ1n) is 18.5. The Kier molecular flexibility index (Phi) is 7.35. The molecule has 0 aliphatic heterocycles. The van der Waals surface area contributed by atoms with Gasteiger partial charge in [-0.2, -0.15) is 0 Å². The fraction of sp³-hybridized carbons (Fsp3) is 0. The second-order valence-electron chi connectivity index (χ2n) is 14.0. The van der Waals surface area contributed by atoms with Gasteiger partial charge in [0, 0.05) is 36.9 Å². The molecule has 0 spiro atoms. The molecule has 0 aliphatic rings. The number of fused-ring (bicyclic) bond motifs is 9. The zero-order chi connectivity index (χ0) is 36.3. The number of thiophene rings is 1. The Morgan fingerprint density at radius 2 is 0.745 bits per heavy atom. The van der Waals surface area contributed by atoms with Crippen molar-refractivity contribution in [2.45, 2.75) is 0 Å². The molecule has 2 aromatic heterocycles. The lowest BCUT2D eigenvalue weighted by atomic mass is 9.92. The number of nitrogens with zero attached hydrogens (tertiary/aromatic N) is 3. The number of hydrogen-bond donors (Lipinski definition) is 0. The zero-order valence-electron chi connectivity index (χ0n) is 29.6. The van der Waals surface area contributed by atoms with E-state index in [9.17, 15) is 0 Å². The van der Waals surface area contributed by atoms with Crippen molar-refractivity contribution in [1.29, 1.82) is 0 Å². The van der Waals surface area contributed by atoms with E-state index in [1.165, 1.54) is 63.6 Å². The molecule has 0 aliphatic carbocycles. The van der Waals surface area contributed by atoms with Crippen molar-refractivity contribution in [2.75, 3.05) is 0 Å². The summed E-state index contributed by atoms with van der Waals surface area (Å²) in [5.74, 6) is 1.93. The molecule has 0 bridgehead atoms. The van der Waals surface area contributed by atoms with Gasteiger partial charge in [0.15, 0.2) is 17.5 Å². The monoisotopic (exact) mass is 717 g/mol. The van der Waals surface area contributed by atoms with Crippen LogP contribution >= 0.6 is 11.3 Å². The minimum Gasteiger partial charge on any atom is -0.208 e. The molecule has 0 saturated heterocycles. The predicted molar refractivity (Wildman–Crippen MR) is 232 cm³/mol. The molecule has 0 fully saturated rings. The first-order valence-corrected chi connectivity index (χ1v) is 19.3. The van der Waals surface area contributed by atoms with Crippen molar-refractivity contribution in [3.63, 3.8) is 0 Å². The molecule has 0 atom stereocenters. The third-order valence-corrected chi connectivity index (χ3v) is 11.9. The molecule has 9 aromatic carbocycles. The summed E-state index contributed by atoms with van der Waals surface area (Å²) in [6, 6.07) is 66.9. The van der Waals surface area contributed by atoms with Gasteiger partial charge in [0.1, 0.15) is 0 Å². The Bertz CT molecular complexity index is 3220. The molecule has 0 radical (unpaired) electrons. The Morgan fingerprint density at radius 3 is 1.45 bits per heavy atom. The van der Waals surface area contributed by atoms with Crippen LogP contribution < -0.4 is 0 Å². The molecule has 11 aromatic rings. The molecule has 0 N–H and O–H groups in total. The van der Waals surface area contributed by atoms with Crippen LogP contribution in [0, 0.1) is 0 Å². The SMILES string of the molecule is c1ccc(-c2nc(-c3ccc(-c4ccc5c6ccccc6c6ccccc6c5c4)cc3)nc(-c3cccc(-c4cccc5sc6ccccc6c45)c3)n2)cc1. The van der Waals surface area contributed by atoms with E-state index in [1.807, 2.05) is 29.5 Å². The van der Waals surface area contributed by atoms with Gasteiger partial charge in [-0.25, -0.2) is 15.0 Å². The maximum Gasteiger partial charge on any atom is 0.164 e. The van der Waals surface area contributed by atoms with Crippen LogP contribution in [0.3, 0.4) is 0 Å². The van der Waals surface area contributed by atoms with Crippen LogP contribution in [-0.4, -0.2) is 15.0 Å². The smallest absolute Gasteiger partial charge is 0.164 e. The fourth-order valence-electron chi connectivity index (χ4n) is 8.09. The average Bonchev–Trinajstić information content (AvgIpc) is 3.66. The highest BCUT2D eigenvalue weighted by atomic mass is 32.1. The van der Waals surface area contributed by atoms with Crippen molar-refractivity contribution in [3.8, 4) is 56.4 Å². The molecule has 4 heteroatoms. The Balaban J connectivity index is 1.01. The van der Waals surface area contributed by atoms with Crippen LogP contribution in [-0.2, 0) is 0 Å². The van der Waals surface area contributed by atoms with Gasteiger partial charge < -0.3 is 0 Å². The molecule has 11 rings (SSSR count). The van der Waals surface area contributed by atoms with Gasteiger partial charge in [0.25, 0.3) is 0 Å². The maximum absolute atomic E-state index is 5.12. The van der Waals surface area contributed by atoms with E-state index in [1.54, 1.807) is 0 Å². The molecule has 0 unspecified atom stereocenters. The van der Waals surface area contributed by atoms with Crippen LogP contribution in [0.15, 0.2) is 188 Å².